The van der Waals surface area contributed by atoms with Gasteiger partial charge in [0.25, 0.3) is 0 Å². The Morgan fingerprint density at radius 2 is 1.14 bits per heavy atom. The molecule has 0 atom stereocenters. The lowest BCUT2D eigenvalue weighted by Gasteiger charge is -2.00. The lowest BCUT2D eigenvalue weighted by molar-refractivity contribution is 1.40. The van der Waals surface area contributed by atoms with Gasteiger partial charge >= 0.3 is 0 Å². The van der Waals surface area contributed by atoms with Gasteiger partial charge in [0, 0.05) is 10.8 Å². The minimum atomic E-state index is 1.19. The molecule has 0 fully saturated rings. The fourth-order valence-corrected chi connectivity index (χ4v) is 3.01. The number of rotatable bonds is 2. The number of aryl methyl sites for hydroxylation is 1. The van der Waals surface area contributed by atoms with E-state index in [4.69, 9.17) is 0 Å². The quantitative estimate of drug-likeness (QED) is 0.478. The second-order valence-corrected chi connectivity index (χ2v) is 5.66. The molecule has 1 nitrogen and oxygen atoms in total. The molecule has 0 saturated carbocycles. The van der Waals surface area contributed by atoms with Gasteiger partial charge in [0.15, 0.2) is 0 Å². The van der Waals surface area contributed by atoms with Crippen molar-refractivity contribution in [1.29, 1.82) is 0 Å². The van der Waals surface area contributed by atoms with E-state index in [-0.39, 0.29) is 0 Å². The van der Waals surface area contributed by atoms with Crippen molar-refractivity contribution in [1.82, 2.24) is 4.98 Å². The molecule has 0 radical (unpaired) electrons. The average Bonchev–Trinajstić information content (AvgIpc) is 2.95. The summed E-state index contributed by atoms with van der Waals surface area (Å²) < 4.78 is 0. The Bertz CT molecular complexity index is 918. The van der Waals surface area contributed by atoms with Gasteiger partial charge in [-0.3, -0.25) is 0 Å². The Hall–Kier alpha value is -2.80. The zero-order valence-corrected chi connectivity index (χ0v) is 12.5. The summed E-state index contributed by atoms with van der Waals surface area (Å²) in [5, 5.41) is 2.56. The highest BCUT2D eigenvalue weighted by Gasteiger charge is 2.13. The first kappa shape index (κ1) is 12.9. The molecule has 0 unspecified atom stereocenters. The van der Waals surface area contributed by atoms with Crippen LogP contribution in [0.1, 0.15) is 5.56 Å². The van der Waals surface area contributed by atoms with Crippen LogP contribution in [-0.4, -0.2) is 4.98 Å². The minimum absolute atomic E-state index is 1.19. The maximum atomic E-state index is 3.65. The SMILES string of the molecule is Cc1ccc2c(-c3ccccc3)[nH]c(-c3ccccc3)c2c1. The first-order valence-electron chi connectivity index (χ1n) is 7.56. The lowest BCUT2D eigenvalue weighted by atomic mass is 10.0. The van der Waals surface area contributed by atoms with Gasteiger partial charge in [-0.1, -0.05) is 78.4 Å². The zero-order chi connectivity index (χ0) is 14.9. The molecule has 1 N–H and O–H groups in total. The van der Waals surface area contributed by atoms with Crippen LogP contribution in [-0.2, 0) is 0 Å². The van der Waals surface area contributed by atoms with Gasteiger partial charge < -0.3 is 4.98 Å². The second-order valence-electron chi connectivity index (χ2n) is 5.66. The molecule has 3 aromatic carbocycles. The van der Waals surface area contributed by atoms with Crippen molar-refractivity contribution in [3.05, 3.63) is 84.4 Å². The number of hydrogen-bond acceptors (Lipinski definition) is 0. The second kappa shape index (κ2) is 5.19. The van der Waals surface area contributed by atoms with Gasteiger partial charge in [0.2, 0.25) is 0 Å². The Balaban J connectivity index is 2.04. The molecule has 0 aliphatic rings. The zero-order valence-electron chi connectivity index (χ0n) is 12.5. The normalized spacial score (nSPS) is 11.0. The van der Waals surface area contributed by atoms with Crippen molar-refractivity contribution in [2.75, 3.05) is 0 Å². The average molecular weight is 283 g/mol. The topological polar surface area (TPSA) is 15.8 Å². The van der Waals surface area contributed by atoms with Crippen LogP contribution in [0.2, 0.25) is 0 Å². The molecule has 0 bridgehead atoms. The van der Waals surface area contributed by atoms with E-state index in [9.17, 15) is 0 Å². The molecule has 1 heterocycles. The van der Waals surface area contributed by atoms with E-state index in [1.54, 1.807) is 0 Å². The molecule has 4 rings (SSSR count). The van der Waals surface area contributed by atoms with Crippen molar-refractivity contribution >= 4 is 10.8 Å². The minimum Gasteiger partial charge on any atom is -0.354 e. The van der Waals surface area contributed by atoms with Crippen LogP contribution in [0.4, 0.5) is 0 Å². The molecule has 0 saturated heterocycles. The first-order valence-corrected chi connectivity index (χ1v) is 7.56. The fourth-order valence-electron chi connectivity index (χ4n) is 3.01. The van der Waals surface area contributed by atoms with Gasteiger partial charge in [-0.2, -0.15) is 0 Å². The van der Waals surface area contributed by atoms with Gasteiger partial charge in [0.05, 0.1) is 11.4 Å². The Labute approximate surface area is 130 Å². The van der Waals surface area contributed by atoms with Crippen molar-refractivity contribution in [2.24, 2.45) is 0 Å². The van der Waals surface area contributed by atoms with Crippen LogP contribution < -0.4 is 0 Å². The third kappa shape index (κ3) is 2.11. The summed E-state index contributed by atoms with van der Waals surface area (Å²) in [5.41, 5.74) is 6.11. The molecule has 0 amide bonds. The number of hydrogen-bond donors (Lipinski definition) is 1. The summed E-state index contributed by atoms with van der Waals surface area (Å²) in [4.78, 5) is 3.65. The predicted octanol–water partition coefficient (Wildman–Crippen LogP) is 5.81. The summed E-state index contributed by atoms with van der Waals surface area (Å²) in [6.45, 7) is 2.14. The van der Waals surface area contributed by atoms with Gasteiger partial charge in [-0.25, -0.2) is 0 Å². The molecule has 1 heteroatoms. The summed E-state index contributed by atoms with van der Waals surface area (Å²) in [6.07, 6.45) is 0. The highest BCUT2D eigenvalue weighted by atomic mass is 14.7. The van der Waals surface area contributed by atoms with Gasteiger partial charge in [-0.15, -0.1) is 0 Å². The third-order valence-corrected chi connectivity index (χ3v) is 4.09. The van der Waals surface area contributed by atoms with Crippen LogP contribution in [0.3, 0.4) is 0 Å². The summed E-state index contributed by atoms with van der Waals surface area (Å²) in [5.74, 6) is 0. The number of fused-ring (bicyclic) bond motifs is 1. The maximum Gasteiger partial charge on any atom is 0.0538 e. The van der Waals surface area contributed by atoms with Crippen molar-refractivity contribution in [3.63, 3.8) is 0 Å². The van der Waals surface area contributed by atoms with E-state index in [0.717, 1.165) is 0 Å². The largest absolute Gasteiger partial charge is 0.354 e. The van der Waals surface area contributed by atoms with E-state index < -0.39 is 0 Å². The van der Waals surface area contributed by atoms with E-state index >= 15 is 0 Å². The number of benzene rings is 3. The molecule has 1 aromatic heterocycles. The monoisotopic (exact) mass is 283 g/mol. The van der Waals surface area contributed by atoms with E-state index in [0.29, 0.717) is 0 Å². The molecular formula is C21H17N. The fraction of sp³-hybridized carbons (Fsp3) is 0.0476. The first-order chi connectivity index (χ1) is 10.8. The van der Waals surface area contributed by atoms with Crippen molar-refractivity contribution in [3.8, 4) is 22.5 Å². The number of aromatic amines is 1. The molecule has 4 aromatic rings. The smallest absolute Gasteiger partial charge is 0.0538 e. The van der Waals surface area contributed by atoms with Crippen molar-refractivity contribution < 1.29 is 0 Å². The Morgan fingerprint density at radius 1 is 0.591 bits per heavy atom. The molecule has 0 aliphatic heterocycles. The highest BCUT2D eigenvalue weighted by Crippen LogP contribution is 2.36. The number of H-pyrrole nitrogens is 1. The van der Waals surface area contributed by atoms with Crippen molar-refractivity contribution in [2.45, 2.75) is 6.92 Å². The summed E-state index contributed by atoms with van der Waals surface area (Å²) in [7, 11) is 0. The molecule has 0 spiro atoms. The lowest BCUT2D eigenvalue weighted by Crippen LogP contribution is -1.79. The van der Waals surface area contributed by atoms with E-state index in [1.165, 1.54) is 38.9 Å². The summed E-state index contributed by atoms with van der Waals surface area (Å²) >= 11 is 0. The third-order valence-electron chi connectivity index (χ3n) is 4.09. The molecule has 106 valence electrons. The predicted molar refractivity (Wildman–Crippen MR) is 93.9 cm³/mol. The highest BCUT2D eigenvalue weighted by molar-refractivity contribution is 6.04. The van der Waals surface area contributed by atoms with Gasteiger partial charge in [0.1, 0.15) is 0 Å². The van der Waals surface area contributed by atoms with Crippen LogP contribution in [0.15, 0.2) is 78.9 Å². The molecular weight excluding hydrogens is 266 g/mol. The molecule has 0 aliphatic carbocycles. The maximum absolute atomic E-state index is 3.65. The molecule has 22 heavy (non-hydrogen) atoms. The van der Waals surface area contributed by atoms with E-state index in [1.807, 2.05) is 0 Å². The summed E-state index contributed by atoms with van der Waals surface area (Å²) in [6, 6.07) is 27.7. The van der Waals surface area contributed by atoms with Gasteiger partial charge in [-0.05, 0) is 24.1 Å². The standard InChI is InChI=1S/C21H17N/c1-15-12-13-18-19(14-15)21(17-10-6-3-7-11-17)22-20(18)16-8-4-2-5-9-16/h2-14,22H,1H3. The van der Waals surface area contributed by atoms with Crippen LogP contribution >= 0.6 is 0 Å². The Kier molecular flexibility index (Phi) is 3.05. The number of aromatic nitrogens is 1. The van der Waals surface area contributed by atoms with Crippen LogP contribution in [0.5, 0.6) is 0 Å². The Morgan fingerprint density at radius 3 is 1.73 bits per heavy atom. The van der Waals surface area contributed by atoms with Crippen LogP contribution in [0, 0.1) is 6.92 Å². The van der Waals surface area contributed by atoms with Crippen LogP contribution in [0.25, 0.3) is 33.3 Å². The number of nitrogens with one attached hydrogen (secondary N) is 1. The van der Waals surface area contributed by atoms with E-state index in [2.05, 4.69) is 90.8 Å².